The largest absolute Gasteiger partial charge is 0.476 e. The summed E-state index contributed by atoms with van der Waals surface area (Å²) < 4.78 is 0. The minimum absolute atomic E-state index is 0.0492. The molecular formula is C12H19N3O3S. The molecule has 0 aromatic carbocycles. The highest BCUT2D eigenvalue weighted by Gasteiger charge is 2.13. The number of aromatic nitrogens is 1. The summed E-state index contributed by atoms with van der Waals surface area (Å²) in [5.74, 6) is -0.853. The van der Waals surface area contributed by atoms with Gasteiger partial charge in [0.25, 0.3) is 0 Å². The van der Waals surface area contributed by atoms with Crippen molar-refractivity contribution in [1.29, 1.82) is 0 Å². The zero-order valence-electron chi connectivity index (χ0n) is 11.0. The molecule has 19 heavy (non-hydrogen) atoms. The van der Waals surface area contributed by atoms with Gasteiger partial charge < -0.3 is 16.2 Å². The van der Waals surface area contributed by atoms with Crippen LogP contribution in [0.4, 0.5) is 0 Å². The van der Waals surface area contributed by atoms with Gasteiger partial charge in [0.2, 0.25) is 5.91 Å². The first-order valence-corrected chi connectivity index (χ1v) is 6.98. The highest BCUT2D eigenvalue weighted by Crippen LogP contribution is 2.10. The van der Waals surface area contributed by atoms with Crippen molar-refractivity contribution in [3.05, 3.63) is 16.1 Å². The third-order valence-electron chi connectivity index (χ3n) is 2.71. The number of thiazole rings is 1. The average Bonchev–Trinajstić information content (AvgIpc) is 2.77. The highest BCUT2D eigenvalue weighted by atomic mass is 32.1. The zero-order valence-corrected chi connectivity index (χ0v) is 11.9. The number of nitrogens with zero attached hydrogens (tertiary/aromatic N) is 1. The molecule has 1 aromatic rings. The van der Waals surface area contributed by atoms with Gasteiger partial charge in [-0.25, -0.2) is 9.78 Å². The Balaban J connectivity index is 2.29. The van der Waals surface area contributed by atoms with Crippen LogP contribution in [0, 0.1) is 5.92 Å². The van der Waals surface area contributed by atoms with Gasteiger partial charge >= 0.3 is 5.97 Å². The number of nitrogens with one attached hydrogen (secondary N) is 1. The summed E-state index contributed by atoms with van der Waals surface area (Å²) in [5.41, 5.74) is 5.85. The fourth-order valence-electron chi connectivity index (χ4n) is 1.35. The fraction of sp³-hybridized carbons (Fsp3) is 0.583. The monoisotopic (exact) mass is 285 g/mol. The summed E-state index contributed by atoms with van der Waals surface area (Å²) >= 11 is 1.28. The first kappa shape index (κ1) is 15.6. The van der Waals surface area contributed by atoms with E-state index in [-0.39, 0.29) is 23.6 Å². The molecule has 0 saturated carbocycles. The molecule has 1 amide bonds. The Morgan fingerprint density at radius 1 is 1.53 bits per heavy atom. The number of carbonyl (C=O) groups excluding carboxylic acids is 1. The van der Waals surface area contributed by atoms with Gasteiger partial charge in [-0.1, -0.05) is 13.8 Å². The molecule has 1 unspecified atom stereocenters. The van der Waals surface area contributed by atoms with Crippen molar-refractivity contribution in [3.63, 3.8) is 0 Å². The predicted molar refractivity (Wildman–Crippen MR) is 73.2 cm³/mol. The van der Waals surface area contributed by atoms with Crippen LogP contribution in [0.3, 0.4) is 0 Å². The quantitative estimate of drug-likeness (QED) is 0.689. The fourth-order valence-corrected chi connectivity index (χ4v) is 2.13. The topological polar surface area (TPSA) is 105 Å². The SMILES string of the molecule is CC(C)C(N)CC(=O)NCCc1nc(C(=O)O)cs1. The Hall–Kier alpha value is -1.47. The van der Waals surface area contributed by atoms with Gasteiger partial charge in [0.15, 0.2) is 5.69 Å². The number of nitrogens with two attached hydrogens (primary N) is 1. The van der Waals surface area contributed by atoms with E-state index in [2.05, 4.69) is 10.3 Å². The number of carboxylic acids is 1. The second-order valence-electron chi connectivity index (χ2n) is 4.64. The Kier molecular flexibility index (Phi) is 5.91. The number of hydrogen-bond acceptors (Lipinski definition) is 5. The second kappa shape index (κ2) is 7.20. The summed E-state index contributed by atoms with van der Waals surface area (Å²) in [6.45, 7) is 4.39. The maximum absolute atomic E-state index is 11.6. The number of carboxylic acid groups (broad SMARTS) is 1. The first-order chi connectivity index (χ1) is 8.90. The van der Waals surface area contributed by atoms with E-state index in [1.807, 2.05) is 13.8 Å². The second-order valence-corrected chi connectivity index (χ2v) is 5.59. The molecule has 1 rings (SSSR count). The molecule has 0 radical (unpaired) electrons. The van der Waals surface area contributed by atoms with Crippen molar-refractivity contribution in [2.24, 2.45) is 11.7 Å². The number of aromatic carboxylic acids is 1. The smallest absolute Gasteiger partial charge is 0.355 e. The standard InChI is InChI=1S/C12H19N3O3S/c1-7(2)8(13)5-10(16)14-4-3-11-15-9(6-19-11)12(17)18/h6-8H,3-5,13H2,1-2H3,(H,14,16)(H,17,18). The lowest BCUT2D eigenvalue weighted by atomic mass is 10.0. The first-order valence-electron chi connectivity index (χ1n) is 6.10. The number of hydrogen-bond donors (Lipinski definition) is 3. The summed E-state index contributed by atoms with van der Waals surface area (Å²) in [7, 11) is 0. The number of amides is 1. The molecule has 1 heterocycles. The van der Waals surface area contributed by atoms with E-state index in [0.717, 1.165) is 0 Å². The molecule has 7 heteroatoms. The maximum Gasteiger partial charge on any atom is 0.355 e. The van der Waals surface area contributed by atoms with Gasteiger partial charge in [0, 0.05) is 30.8 Å². The van der Waals surface area contributed by atoms with Crippen LogP contribution in [0.15, 0.2) is 5.38 Å². The van der Waals surface area contributed by atoms with Crippen LogP contribution < -0.4 is 11.1 Å². The van der Waals surface area contributed by atoms with Gasteiger partial charge in [-0.2, -0.15) is 0 Å². The molecule has 1 atom stereocenters. The lowest BCUT2D eigenvalue weighted by Crippen LogP contribution is -2.35. The van der Waals surface area contributed by atoms with E-state index in [4.69, 9.17) is 10.8 Å². The molecular weight excluding hydrogens is 266 g/mol. The van der Waals surface area contributed by atoms with E-state index >= 15 is 0 Å². The van der Waals surface area contributed by atoms with Crippen molar-refractivity contribution in [2.45, 2.75) is 32.7 Å². The van der Waals surface area contributed by atoms with Crippen LogP contribution in [0.2, 0.25) is 0 Å². The van der Waals surface area contributed by atoms with Gasteiger partial charge in [-0.05, 0) is 5.92 Å². The van der Waals surface area contributed by atoms with Crippen molar-refractivity contribution >= 4 is 23.2 Å². The molecule has 0 aliphatic heterocycles. The average molecular weight is 285 g/mol. The third-order valence-corrected chi connectivity index (χ3v) is 3.62. The number of carbonyl (C=O) groups is 2. The van der Waals surface area contributed by atoms with E-state index in [1.54, 1.807) is 0 Å². The summed E-state index contributed by atoms with van der Waals surface area (Å²) in [5, 5.41) is 13.7. The summed E-state index contributed by atoms with van der Waals surface area (Å²) in [6.07, 6.45) is 0.830. The molecule has 0 saturated heterocycles. The van der Waals surface area contributed by atoms with Crippen molar-refractivity contribution in [2.75, 3.05) is 6.54 Å². The summed E-state index contributed by atoms with van der Waals surface area (Å²) in [4.78, 5) is 26.1. The van der Waals surface area contributed by atoms with Crippen LogP contribution in [0.5, 0.6) is 0 Å². The van der Waals surface area contributed by atoms with E-state index in [0.29, 0.717) is 24.4 Å². The Morgan fingerprint density at radius 2 is 2.21 bits per heavy atom. The molecule has 0 fully saturated rings. The van der Waals surface area contributed by atoms with E-state index in [1.165, 1.54) is 16.7 Å². The molecule has 6 nitrogen and oxygen atoms in total. The lowest BCUT2D eigenvalue weighted by molar-refractivity contribution is -0.121. The minimum atomic E-state index is -1.03. The zero-order chi connectivity index (χ0) is 14.4. The lowest BCUT2D eigenvalue weighted by Gasteiger charge is -2.14. The Morgan fingerprint density at radius 3 is 2.74 bits per heavy atom. The maximum atomic E-state index is 11.6. The molecule has 1 aromatic heterocycles. The van der Waals surface area contributed by atoms with E-state index in [9.17, 15) is 9.59 Å². The highest BCUT2D eigenvalue weighted by molar-refractivity contribution is 7.09. The molecule has 0 bridgehead atoms. The summed E-state index contributed by atoms with van der Waals surface area (Å²) in [6, 6.07) is -0.140. The molecule has 0 aliphatic carbocycles. The molecule has 0 aliphatic rings. The molecule has 106 valence electrons. The van der Waals surface area contributed by atoms with Gasteiger partial charge in [0.05, 0.1) is 5.01 Å². The van der Waals surface area contributed by atoms with Crippen molar-refractivity contribution in [3.8, 4) is 0 Å². The van der Waals surface area contributed by atoms with Crippen LogP contribution in [-0.4, -0.2) is 34.6 Å². The minimum Gasteiger partial charge on any atom is -0.476 e. The van der Waals surface area contributed by atoms with Crippen LogP contribution in [0.25, 0.3) is 0 Å². The van der Waals surface area contributed by atoms with Crippen LogP contribution >= 0.6 is 11.3 Å². The van der Waals surface area contributed by atoms with Gasteiger partial charge in [-0.15, -0.1) is 11.3 Å². The molecule has 0 spiro atoms. The predicted octanol–water partition coefficient (Wildman–Crippen LogP) is 0.873. The van der Waals surface area contributed by atoms with Gasteiger partial charge in [-0.3, -0.25) is 4.79 Å². The number of rotatable bonds is 7. The van der Waals surface area contributed by atoms with Gasteiger partial charge in [0.1, 0.15) is 0 Å². The van der Waals surface area contributed by atoms with Crippen molar-refractivity contribution in [1.82, 2.24) is 10.3 Å². The normalized spacial score (nSPS) is 12.4. The Labute approximate surface area is 116 Å². The third kappa shape index (κ3) is 5.35. The molecule has 4 N–H and O–H groups in total. The van der Waals surface area contributed by atoms with Crippen LogP contribution in [0.1, 0.15) is 35.8 Å². The Bertz CT molecular complexity index is 445. The van der Waals surface area contributed by atoms with Crippen LogP contribution in [-0.2, 0) is 11.2 Å². The van der Waals surface area contributed by atoms with Crippen molar-refractivity contribution < 1.29 is 14.7 Å². The van der Waals surface area contributed by atoms with E-state index < -0.39 is 5.97 Å².